The Kier molecular flexibility index (Phi) is 6.88. The summed E-state index contributed by atoms with van der Waals surface area (Å²) in [6, 6.07) is 7.54. The Morgan fingerprint density at radius 2 is 2.00 bits per heavy atom. The summed E-state index contributed by atoms with van der Waals surface area (Å²) >= 11 is 6.30. The molecule has 0 aliphatic carbocycles. The minimum absolute atomic E-state index is 0.0288. The van der Waals surface area contributed by atoms with Crippen LogP contribution in [-0.4, -0.2) is 47.6 Å². The van der Waals surface area contributed by atoms with E-state index in [9.17, 15) is 4.79 Å². The molecular weight excluding hydrogens is 440 g/mol. The van der Waals surface area contributed by atoms with E-state index in [0.717, 1.165) is 43.3 Å². The third-order valence-corrected chi connectivity index (χ3v) is 6.49. The van der Waals surface area contributed by atoms with Crippen molar-refractivity contribution in [1.29, 1.82) is 0 Å². The van der Waals surface area contributed by atoms with Crippen molar-refractivity contribution in [3.63, 3.8) is 0 Å². The second-order valence-electron chi connectivity index (χ2n) is 8.24. The minimum atomic E-state index is -0.0288. The third-order valence-electron chi connectivity index (χ3n) is 6.19. The van der Waals surface area contributed by atoms with Gasteiger partial charge in [-0.05, 0) is 44.7 Å². The lowest BCUT2D eigenvalue weighted by Crippen LogP contribution is -2.43. The van der Waals surface area contributed by atoms with Gasteiger partial charge in [0.1, 0.15) is 11.5 Å². The maximum atomic E-state index is 13.8. The van der Waals surface area contributed by atoms with Crippen molar-refractivity contribution < 1.29 is 14.3 Å². The maximum Gasteiger partial charge on any atom is 0.257 e. The Hall–Kier alpha value is -3.06. The topological polar surface area (TPSA) is 76.6 Å². The first-order valence-corrected chi connectivity index (χ1v) is 11.6. The van der Waals surface area contributed by atoms with Gasteiger partial charge >= 0.3 is 0 Å². The highest BCUT2D eigenvalue weighted by Gasteiger charge is 2.29. The Bertz CT molecular complexity index is 1180. The Balaban J connectivity index is 1.86. The van der Waals surface area contributed by atoms with Crippen LogP contribution in [0.15, 0.2) is 30.5 Å². The van der Waals surface area contributed by atoms with Crippen LogP contribution in [-0.2, 0) is 0 Å². The number of nitrogens with zero attached hydrogens (tertiary/aromatic N) is 3. The van der Waals surface area contributed by atoms with Crippen molar-refractivity contribution in [2.24, 2.45) is 0 Å². The van der Waals surface area contributed by atoms with Crippen molar-refractivity contribution in [1.82, 2.24) is 14.9 Å². The second kappa shape index (κ2) is 9.83. The summed E-state index contributed by atoms with van der Waals surface area (Å²) in [5, 5.41) is 4.61. The Labute approximate surface area is 199 Å². The van der Waals surface area contributed by atoms with Crippen LogP contribution in [0, 0.1) is 6.92 Å². The van der Waals surface area contributed by atoms with Gasteiger partial charge in [0, 0.05) is 42.0 Å². The van der Waals surface area contributed by atoms with Gasteiger partial charge in [-0.25, -0.2) is 9.97 Å². The molecular formula is C25H29ClN4O3. The molecule has 8 heteroatoms. The van der Waals surface area contributed by atoms with E-state index in [1.807, 2.05) is 24.0 Å². The van der Waals surface area contributed by atoms with E-state index in [-0.39, 0.29) is 11.9 Å². The van der Waals surface area contributed by atoms with E-state index in [1.54, 1.807) is 32.5 Å². The summed E-state index contributed by atoms with van der Waals surface area (Å²) < 4.78 is 11.0. The summed E-state index contributed by atoms with van der Waals surface area (Å²) in [7, 11) is 3.13. The van der Waals surface area contributed by atoms with Gasteiger partial charge in [0.25, 0.3) is 5.91 Å². The molecule has 2 aromatic heterocycles. The zero-order chi connectivity index (χ0) is 23.5. The summed E-state index contributed by atoms with van der Waals surface area (Å²) in [4.78, 5) is 24.8. The number of fused-ring (bicyclic) bond motifs is 1. The van der Waals surface area contributed by atoms with Gasteiger partial charge in [0.2, 0.25) is 0 Å². The highest BCUT2D eigenvalue weighted by molar-refractivity contribution is 6.32. The van der Waals surface area contributed by atoms with E-state index < -0.39 is 0 Å². The monoisotopic (exact) mass is 468 g/mol. The predicted octanol–water partition coefficient (Wildman–Crippen LogP) is 5.76. The number of amides is 1. The lowest BCUT2D eigenvalue weighted by atomic mass is 9.98. The molecule has 1 atom stereocenters. The lowest BCUT2D eigenvalue weighted by molar-refractivity contribution is 0.0609. The van der Waals surface area contributed by atoms with Gasteiger partial charge in [-0.3, -0.25) is 4.79 Å². The van der Waals surface area contributed by atoms with Gasteiger partial charge in [0.15, 0.2) is 5.65 Å². The smallest absolute Gasteiger partial charge is 0.257 e. The number of likely N-dealkylation sites (tertiary alicyclic amines) is 1. The first-order valence-electron chi connectivity index (χ1n) is 11.2. The van der Waals surface area contributed by atoms with Crippen LogP contribution in [0.4, 0.5) is 11.4 Å². The van der Waals surface area contributed by atoms with Crippen LogP contribution in [0.2, 0.25) is 5.02 Å². The molecule has 0 radical (unpaired) electrons. The van der Waals surface area contributed by atoms with Crippen molar-refractivity contribution >= 4 is 39.9 Å². The molecule has 1 amide bonds. The van der Waals surface area contributed by atoms with Crippen molar-refractivity contribution in [3.8, 4) is 11.5 Å². The number of piperidine rings is 1. The van der Waals surface area contributed by atoms with Crippen LogP contribution < -0.4 is 14.8 Å². The number of aromatic nitrogens is 2. The molecule has 1 aliphatic heterocycles. The summed E-state index contributed by atoms with van der Waals surface area (Å²) in [6.07, 6.45) is 5.73. The van der Waals surface area contributed by atoms with Gasteiger partial charge in [-0.15, -0.1) is 0 Å². The number of aryl methyl sites for hydroxylation is 1. The molecule has 0 spiro atoms. The molecule has 174 valence electrons. The number of carbonyl (C=O) groups is 1. The van der Waals surface area contributed by atoms with E-state index in [4.69, 9.17) is 21.1 Å². The predicted molar refractivity (Wildman–Crippen MR) is 131 cm³/mol. The number of halogens is 1. The van der Waals surface area contributed by atoms with Crippen molar-refractivity contribution in [3.05, 3.63) is 46.7 Å². The number of rotatable bonds is 6. The van der Waals surface area contributed by atoms with E-state index in [0.29, 0.717) is 39.1 Å². The van der Waals surface area contributed by atoms with E-state index in [1.165, 1.54) is 0 Å². The number of nitrogens with one attached hydrogen (secondary N) is 1. The van der Waals surface area contributed by atoms with Crippen LogP contribution in [0.25, 0.3) is 11.0 Å². The largest absolute Gasteiger partial charge is 0.495 e. The molecule has 7 nitrogen and oxygen atoms in total. The maximum absolute atomic E-state index is 13.8. The first kappa shape index (κ1) is 23.1. The molecule has 1 saturated heterocycles. The van der Waals surface area contributed by atoms with E-state index in [2.05, 4.69) is 22.2 Å². The van der Waals surface area contributed by atoms with Gasteiger partial charge in [-0.1, -0.05) is 18.5 Å². The molecule has 0 unspecified atom stereocenters. The van der Waals surface area contributed by atoms with Gasteiger partial charge < -0.3 is 19.7 Å². The molecule has 0 bridgehead atoms. The van der Waals surface area contributed by atoms with Gasteiger partial charge in [-0.2, -0.15) is 0 Å². The molecule has 0 saturated carbocycles. The normalized spacial score (nSPS) is 16.0. The first-order chi connectivity index (χ1) is 16.0. The standard InChI is InChI=1S/C25H29ClN4O3/c1-5-16-8-6-7-11-30(16)25(31)18-14-27-24-17(10-9-15(2)28-24)23(18)29-20-13-21(32-3)19(26)12-22(20)33-4/h9-10,12-14,16H,5-8,11H2,1-4H3,(H,27,28,29)/t16-/m0/s1. The fourth-order valence-corrected chi connectivity index (χ4v) is 4.64. The minimum Gasteiger partial charge on any atom is -0.495 e. The molecule has 33 heavy (non-hydrogen) atoms. The summed E-state index contributed by atoms with van der Waals surface area (Å²) in [5.41, 5.74) is 3.20. The van der Waals surface area contributed by atoms with E-state index >= 15 is 0 Å². The van der Waals surface area contributed by atoms with Crippen LogP contribution in [0.3, 0.4) is 0 Å². The number of ether oxygens (including phenoxy) is 2. The van der Waals surface area contributed by atoms with Crippen molar-refractivity contribution in [2.75, 3.05) is 26.1 Å². The van der Waals surface area contributed by atoms with Crippen LogP contribution in [0.1, 0.15) is 48.7 Å². The van der Waals surface area contributed by atoms with Crippen LogP contribution >= 0.6 is 11.6 Å². The summed E-state index contributed by atoms with van der Waals surface area (Å²) in [5.74, 6) is 1.01. The molecule has 1 N–H and O–H groups in total. The number of hydrogen-bond acceptors (Lipinski definition) is 6. The zero-order valence-corrected chi connectivity index (χ0v) is 20.2. The molecule has 1 aromatic carbocycles. The van der Waals surface area contributed by atoms with Crippen molar-refractivity contribution in [2.45, 2.75) is 45.6 Å². The molecule has 3 heterocycles. The third kappa shape index (κ3) is 4.55. The number of hydrogen-bond donors (Lipinski definition) is 1. The Morgan fingerprint density at radius 3 is 2.73 bits per heavy atom. The van der Waals surface area contributed by atoms with Gasteiger partial charge in [0.05, 0.1) is 36.2 Å². The molecule has 1 aliphatic rings. The molecule has 4 rings (SSSR count). The second-order valence-corrected chi connectivity index (χ2v) is 8.65. The highest BCUT2D eigenvalue weighted by Crippen LogP contribution is 2.39. The number of pyridine rings is 2. The quantitative estimate of drug-likeness (QED) is 0.495. The molecule has 1 fully saturated rings. The average molecular weight is 469 g/mol. The zero-order valence-electron chi connectivity index (χ0n) is 19.4. The average Bonchev–Trinajstić information content (AvgIpc) is 2.84. The number of benzene rings is 1. The highest BCUT2D eigenvalue weighted by atomic mass is 35.5. The SMILES string of the molecule is CC[C@H]1CCCCN1C(=O)c1cnc2nc(C)ccc2c1Nc1cc(OC)c(Cl)cc1OC. The fraction of sp³-hybridized carbons (Fsp3) is 0.400. The van der Waals surface area contributed by atoms with Crippen LogP contribution in [0.5, 0.6) is 11.5 Å². The number of anilines is 2. The number of carbonyl (C=O) groups excluding carboxylic acids is 1. The number of methoxy groups -OCH3 is 2. The summed E-state index contributed by atoms with van der Waals surface area (Å²) in [6.45, 7) is 4.80. The molecule has 3 aromatic rings. The lowest BCUT2D eigenvalue weighted by Gasteiger charge is -2.35. The Morgan fingerprint density at radius 1 is 1.21 bits per heavy atom. The fourth-order valence-electron chi connectivity index (χ4n) is 4.41.